The van der Waals surface area contributed by atoms with Crippen LogP contribution in [0.4, 0.5) is 5.69 Å². The number of ketones is 1. The number of aromatic nitrogens is 1. The summed E-state index contributed by atoms with van der Waals surface area (Å²) in [6, 6.07) is 3.44. The Morgan fingerprint density at radius 3 is 2.68 bits per heavy atom. The average Bonchev–Trinajstić information content (AvgIpc) is 2.46. The van der Waals surface area contributed by atoms with Crippen LogP contribution < -0.4 is 10.1 Å². The number of ether oxygens (including phenoxy) is 2. The lowest BCUT2D eigenvalue weighted by Crippen LogP contribution is -2.28. The van der Waals surface area contributed by atoms with Gasteiger partial charge in [-0.2, -0.15) is 0 Å². The predicted octanol–water partition coefficient (Wildman–Crippen LogP) is 2.32. The lowest BCUT2D eigenvalue weighted by atomic mass is 9.80. The van der Waals surface area contributed by atoms with Gasteiger partial charge in [0, 0.05) is 18.2 Å². The number of methoxy groups -OCH3 is 1. The van der Waals surface area contributed by atoms with Gasteiger partial charge in [0.1, 0.15) is 5.57 Å². The van der Waals surface area contributed by atoms with Gasteiger partial charge >= 0.3 is 5.97 Å². The Bertz CT molecular complexity index is 562. The molecule has 0 aliphatic heterocycles. The minimum Gasteiger partial charge on any atom is -0.481 e. The molecule has 1 aromatic rings. The van der Waals surface area contributed by atoms with Crippen LogP contribution in [0.1, 0.15) is 26.2 Å². The van der Waals surface area contributed by atoms with Crippen molar-refractivity contribution < 1.29 is 19.1 Å². The van der Waals surface area contributed by atoms with Gasteiger partial charge in [0.25, 0.3) is 0 Å². The Morgan fingerprint density at radius 2 is 2.18 bits per heavy atom. The highest BCUT2D eigenvalue weighted by Crippen LogP contribution is 2.29. The molecule has 0 radical (unpaired) electrons. The maximum atomic E-state index is 12.3. The van der Waals surface area contributed by atoms with Gasteiger partial charge in [0.05, 0.1) is 25.6 Å². The van der Waals surface area contributed by atoms with E-state index in [9.17, 15) is 9.59 Å². The zero-order valence-electron chi connectivity index (χ0n) is 12.8. The Kier molecular flexibility index (Phi) is 5.52. The largest absolute Gasteiger partial charge is 0.481 e. The molecule has 1 aromatic heterocycles. The summed E-state index contributed by atoms with van der Waals surface area (Å²) in [5.41, 5.74) is 0.714. The quantitative estimate of drug-likeness (QED) is 0.360. The van der Waals surface area contributed by atoms with Gasteiger partial charge in [-0.3, -0.25) is 4.79 Å². The number of hydrogen-bond donors (Lipinski definition) is 1. The Morgan fingerprint density at radius 1 is 1.41 bits per heavy atom. The first kappa shape index (κ1) is 16.0. The van der Waals surface area contributed by atoms with Gasteiger partial charge in [-0.25, -0.2) is 9.78 Å². The number of carbonyl (C=O) groups excluding carboxylic acids is 2. The van der Waals surface area contributed by atoms with Crippen molar-refractivity contribution in [1.82, 2.24) is 4.98 Å². The van der Waals surface area contributed by atoms with Gasteiger partial charge in [0.2, 0.25) is 5.88 Å². The predicted molar refractivity (Wildman–Crippen MR) is 81.5 cm³/mol. The molecule has 6 heteroatoms. The number of esters is 1. The van der Waals surface area contributed by atoms with E-state index in [1.54, 1.807) is 25.3 Å². The SMILES string of the molecule is CCOC(=O)/C(=C\Nc1ccc(OC)nc1)C(=O)C1CCC1. The summed E-state index contributed by atoms with van der Waals surface area (Å²) in [6.45, 7) is 1.95. The topological polar surface area (TPSA) is 77.5 Å². The molecular weight excluding hydrogens is 284 g/mol. The fourth-order valence-electron chi connectivity index (χ4n) is 2.07. The van der Waals surface area contributed by atoms with Crippen LogP contribution in [0, 0.1) is 5.92 Å². The molecule has 22 heavy (non-hydrogen) atoms. The molecule has 1 aliphatic rings. The van der Waals surface area contributed by atoms with E-state index >= 15 is 0 Å². The minimum atomic E-state index is -0.589. The van der Waals surface area contributed by atoms with Crippen LogP contribution in [0.5, 0.6) is 5.88 Å². The summed E-state index contributed by atoms with van der Waals surface area (Å²) in [7, 11) is 1.53. The maximum absolute atomic E-state index is 12.3. The van der Waals surface area contributed by atoms with Crippen LogP contribution in [0.25, 0.3) is 0 Å². The molecule has 0 spiro atoms. The molecule has 1 fully saturated rings. The third-order valence-corrected chi connectivity index (χ3v) is 3.57. The second-order valence-corrected chi connectivity index (χ2v) is 5.00. The van der Waals surface area contributed by atoms with Crippen molar-refractivity contribution in [2.45, 2.75) is 26.2 Å². The van der Waals surface area contributed by atoms with Crippen molar-refractivity contribution in [2.75, 3.05) is 19.0 Å². The highest BCUT2D eigenvalue weighted by molar-refractivity contribution is 6.18. The van der Waals surface area contributed by atoms with Crippen LogP contribution in [0.15, 0.2) is 30.1 Å². The normalized spacial score (nSPS) is 14.9. The Balaban J connectivity index is 2.11. The first-order valence-corrected chi connectivity index (χ1v) is 7.33. The lowest BCUT2D eigenvalue weighted by molar-refractivity contribution is -0.140. The van der Waals surface area contributed by atoms with Gasteiger partial charge in [-0.15, -0.1) is 0 Å². The van der Waals surface area contributed by atoms with Crippen molar-refractivity contribution in [2.24, 2.45) is 5.92 Å². The smallest absolute Gasteiger partial charge is 0.343 e. The monoisotopic (exact) mass is 304 g/mol. The molecule has 0 amide bonds. The van der Waals surface area contributed by atoms with Gasteiger partial charge < -0.3 is 14.8 Å². The van der Waals surface area contributed by atoms with E-state index in [-0.39, 0.29) is 23.9 Å². The average molecular weight is 304 g/mol. The number of nitrogens with zero attached hydrogens (tertiary/aromatic N) is 1. The first-order chi connectivity index (χ1) is 10.7. The number of nitrogens with one attached hydrogen (secondary N) is 1. The fraction of sp³-hybridized carbons (Fsp3) is 0.438. The zero-order valence-corrected chi connectivity index (χ0v) is 12.8. The van der Waals surface area contributed by atoms with Crippen LogP contribution >= 0.6 is 0 Å². The van der Waals surface area contributed by atoms with Crippen molar-refractivity contribution in [3.05, 3.63) is 30.1 Å². The third kappa shape index (κ3) is 3.84. The highest BCUT2D eigenvalue weighted by atomic mass is 16.5. The fourth-order valence-corrected chi connectivity index (χ4v) is 2.07. The standard InChI is InChI=1S/C16H20N2O4/c1-3-22-16(20)13(15(19)11-5-4-6-11)10-17-12-7-8-14(21-2)18-9-12/h7-11,17H,3-6H2,1-2H3/b13-10-. The number of Topliss-reactive ketones (excluding diaryl/α,β-unsaturated/α-hetero) is 1. The van der Waals surface area contributed by atoms with Crippen LogP contribution in [-0.2, 0) is 14.3 Å². The molecule has 2 rings (SSSR count). The molecule has 1 aliphatic carbocycles. The summed E-state index contributed by atoms with van der Waals surface area (Å²) < 4.78 is 9.94. The molecule has 0 atom stereocenters. The van der Waals surface area contributed by atoms with Crippen molar-refractivity contribution >= 4 is 17.4 Å². The number of hydrogen-bond acceptors (Lipinski definition) is 6. The summed E-state index contributed by atoms with van der Waals surface area (Å²) in [6.07, 6.45) is 5.66. The first-order valence-electron chi connectivity index (χ1n) is 7.33. The van der Waals surface area contributed by atoms with E-state index in [1.165, 1.54) is 13.3 Å². The molecule has 0 aromatic carbocycles. The number of anilines is 1. The van der Waals surface area contributed by atoms with Crippen LogP contribution in [-0.4, -0.2) is 30.5 Å². The molecular formula is C16H20N2O4. The molecule has 1 saturated carbocycles. The zero-order chi connectivity index (χ0) is 15.9. The van der Waals surface area contributed by atoms with E-state index in [0.717, 1.165) is 19.3 Å². The Hall–Kier alpha value is -2.37. The molecule has 118 valence electrons. The number of rotatable bonds is 7. The molecule has 0 saturated heterocycles. The van der Waals surface area contributed by atoms with E-state index in [2.05, 4.69) is 10.3 Å². The summed E-state index contributed by atoms with van der Waals surface area (Å²) in [5.74, 6) is -0.316. The highest BCUT2D eigenvalue weighted by Gasteiger charge is 2.31. The summed E-state index contributed by atoms with van der Waals surface area (Å²) in [4.78, 5) is 28.3. The molecule has 6 nitrogen and oxygen atoms in total. The lowest BCUT2D eigenvalue weighted by Gasteiger charge is -2.24. The van der Waals surface area contributed by atoms with Crippen molar-refractivity contribution in [1.29, 1.82) is 0 Å². The second-order valence-electron chi connectivity index (χ2n) is 5.00. The van der Waals surface area contributed by atoms with E-state index in [1.807, 2.05) is 0 Å². The Labute approximate surface area is 129 Å². The summed E-state index contributed by atoms with van der Waals surface area (Å²) in [5, 5.41) is 2.92. The van der Waals surface area contributed by atoms with E-state index in [0.29, 0.717) is 11.6 Å². The van der Waals surface area contributed by atoms with Gasteiger partial charge in [0.15, 0.2) is 5.78 Å². The molecule has 0 unspecified atom stereocenters. The maximum Gasteiger partial charge on any atom is 0.343 e. The number of pyridine rings is 1. The molecule has 1 heterocycles. The van der Waals surface area contributed by atoms with Crippen LogP contribution in [0.3, 0.4) is 0 Å². The van der Waals surface area contributed by atoms with Crippen LogP contribution in [0.2, 0.25) is 0 Å². The molecule has 1 N–H and O–H groups in total. The molecule has 0 bridgehead atoms. The number of carbonyl (C=O) groups is 2. The second kappa shape index (κ2) is 7.59. The third-order valence-electron chi connectivity index (χ3n) is 3.57. The van der Waals surface area contributed by atoms with Gasteiger partial charge in [-0.1, -0.05) is 6.42 Å². The van der Waals surface area contributed by atoms with Gasteiger partial charge in [-0.05, 0) is 25.8 Å². The summed E-state index contributed by atoms with van der Waals surface area (Å²) >= 11 is 0. The van der Waals surface area contributed by atoms with Crippen molar-refractivity contribution in [3.63, 3.8) is 0 Å². The minimum absolute atomic E-state index is 0.0577. The van der Waals surface area contributed by atoms with E-state index in [4.69, 9.17) is 9.47 Å². The van der Waals surface area contributed by atoms with E-state index < -0.39 is 5.97 Å². The van der Waals surface area contributed by atoms with Crippen molar-refractivity contribution in [3.8, 4) is 5.88 Å².